The zero-order valence-corrected chi connectivity index (χ0v) is 18.1. The number of nitrogens with one attached hydrogen (secondary N) is 2. The molecule has 7 heteroatoms. The number of aromatic nitrogens is 1. The average Bonchev–Trinajstić information content (AvgIpc) is 3.14. The third kappa shape index (κ3) is 6.57. The summed E-state index contributed by atoms with van der Waals surface area (Å²) in [7, 11) is 0. The molecule has 2 aromatic carbocycles. The van der Waals surface area contributed by atoms with Crippen molar-refractivity contribution in [3.63, 3.8) is 0 Å². The smallest absolute Gasteiger partial charge is 0.408 e. The molecule has 166 valence electrons. The van der Waals surface area contributed by atoms with Crippen LogP contribution < -0.4 is 5.32 Å². The summed E-state index contributed by atoms with van der Waals surface area (Å²) in [5.41, 5.74) is 3.70. The zero-order valence-electron chi connectivity index (χ0n) is 18.1. The van der Waals surface area contributed by atoms with E-state index in [9.17, 15) is 14.4 Å². The van der Waals surface area contributed by atoms with Gasteiger partial charge in [-0.1, -0.05) is 60.7 Å². The normalized spacial score (nSPS) is 11.4. The van der Waals surface area contributed by atoms with E-state index in [2.05, 4.69) is 10.3 Å². The summed E-state index contributed by atoms with van der Waals surface area (Å²) in [5, 5.41) is 2.56. The van der Waals surface area contributed by atoms with Crippen molar-refractivity contribution < 1.29 is 23.9 Å². The number of carbonyl (C=O) groups excluding carboxylic acids is 3. The van der Waals surface area contributed by atoms with Crippen LogP contribution in [0.15, 0.2) is 66.7 Å². The molecule has 0 radical (unpaired) electrons. The molecule has 32 heavy (non-hydrogen) atoms. The molecule has 0 spiro atoms. The summed E-state index contributed by atoms with van der Waals surface area (Å²) in [4.78, 5) is 40.5. The minimum absolute atomic E-state index is 0.0738. The van der Waals surface area contributed by atoms with E-state index < -0.39 is 24.7 Å². The fourth-order valence-electron chi connectivity index (χ4n) is 3.28. The number of rotatable bonds is 9. The van der Waals surface area contributed by atoms with Crippen LogP contribution in [0, 0.1) is 13.8 Å². The van der Waals surface area contributed by atoms with Crippen molar-refractivity contribution in [1.82, 2.24) is 10.3 Å². The number of aromatic amines is 1. The van der Waals surface area contributed by atoms with Crippen LogP contribution in [0.2, 0.25) is 0 Å². The highest BCUT2D eigenvalue weighted by molar-refractivity contribution is 5.99. The minimum Gasteiger partial charge on any atom is -0.456 e. The predicted octanol–water partition coefficient (Wildman–Crippen LogP) is 3.90. The molecule has 0 saturated carbocycles. The Balaban J connectivity index is 1.62. The monoisotopic (exact) mass is 434 g/mol. The first-order valence-electron chi connectivity index (χ1n) is 10.3. The van der Waals surface area contributed by atoms with Gasteiger partial charge in [0.05, 0.1) is 0 Å². The van der Waals surface area contributed by atoms with E-state index in [0.717, 1.165) is 16.8 Å². The van der Waals surface area contributed by atoms with E-state index in [-0.39, 0.29) is 18.8 Å². The number of ether oxygens (including phenoxy) is 2. The maximum Gasteiger partial charge on any atom is 0.408 e. The number of Topliss-reactive ketones (excluding diaryl/α,β-unsaturated/α-hetero) is 1. The Kier molecular flexibility index (Phi) is 7.80. The molecule has 1 atom stereocenters. The van der Waals surface area contributed by atoms with Gasteiger partial charge < -0.3 is 19.8 Å². The van der Waals surface area contributed by atoms with Crippen LogP contribution >= 0.6 is 0 Å². The summed E-state index contributed by atoms with van der Waals surface area (Å²) in [5.74, 6) is -1.02. The van der Waals surface area contributed by atoms with Gasteiger partial charge in [-0.25, -0.2) is 9.59 Å². The Hall–Kier alpha value is -3.87. The summed E-state index contributed by atoms with van der Waals surface area (Å²) in [6, 6.07) is 19.2. The van der Waals surface area contributed by atoms with E-state index >= 15 is 0 Å². The van der Waals surface area contributed by atoms with Gasteiger partial charge in [0.2, 0.25) is 5.78 Å². The Labute approximate surface area is 186 Å². The number of aryl methyl sites for hydroxylation is 2. The van der Waals surface area contributed by atoms with Crippen LogP contribution in [0.25, 0.3) is 0 Å². The number of ketones is 1. The van der Waals surface area contributed by atoms with Crippen LogP contribution in [-0.4, -0.2) is 35.5 Å². The number of H-pyrrole nitrogens is 1. The number of hydrogen-bond donors (Lipinski definition) is 2. The van der Waals surface area contributed by atoms with Gasteiger partial charge in [0.15, 0.2) is 6.61 Å². The van der Waals surface area contributed by atoms with Crippen LogP contribution in [0.3, 0.4) is 0 Å². The average molecular weight is 434 g/mol. The Morgan fingerprint density at radius 3 is 2.12 bits per heavy atom. The minimum atomic E-state index is -0.998. The summed E-state index contributed by atoms with van der Waals surface area (Å²) in [6.45, 7) is 3.29. The van der Waals surface area contributed by atoms with Gasteiger partial charge in [0, 0.05) is 23.4 Å². The largest absolute Gasteiger partial charge is 0.456 e. The molecule has 0 aliphatic heterocycles. The number of carbonyl (C=O) groups is 3. The second-order valence-corrected chi connectivity index (χ2v) is 7.47. The summed E-state index contributed by atoms with van der Waals surface area (Å²) >= 11 is 0. The van der Waals surface area contributed by atoms with Crippen molar-refractivity contribution in [2.24, 2.45) is 0 Å². The van der Waals surface area contributed by atoms with E-state index in [1.165, 1.54) is 0 Å². The molecule has 3 rings (SSSR count). The Morgan fingerprint density at radius 2 is 1.53 bits per heavy atom. The van der Waals surface area contributed by atoms with Crippen molar-refractivity contribution in [3.05, 3.63) is 94.8 Å². The molecule has 3 aromatic rings. The number of benzene rings is 2. The number of amides is 1. The van der Waals surface area contributed by atoms with Crippen molar-refractivity contribution >= 4 is 17.8 Å². The standard InChI is InChI=1S/C25H26N2O5/c1-17-13-21(18(2)26-17)23(28)16-31-24(29)22(14-19-9-5-3-6-10-19)27-25(30)32-15-20-11-7-4-8-12-20/h3-13,22,26H,14-16H2,1-2H3,(H,27,30)/t22-/m0/s1. The van der Waals surface area contributed by atoms with Crippen molar-refractivity contribution in [1.29, 1.82) is 0 Å². The van der Waals surface area contributed by atoms with Crippen molar-refractivity contribution in [2.45, 2.75) is 32.9 Å². The lowest BCUT2D eigenvalue weighted by Crippen LogP contribution is -2.44. The maximum atomic E-state index is 12.7. The van der Waals surface area contributed by atoms with E-state index in [4.69, 9.17) is 9.47 Å². The zero-order chi connectivity index (χ0) is 22.9. The molecule has 0 aliphatic rings. The first kappa shape index (κ1) is 22.8. The number of alkyl carbamates (subject to hydrolysis) is 1. The van der Waals surface area contributed by atoms with Gasteiger partial charge in [-0.15, -0.1) is 0 Å². The van der Waals surface area contributed by atoms with Gasteiger partial charge in [-0.3, -0.25) is 4.79 Å². The topological polar surface area (TPSA) is 97.5 Å². The molecule has 7 nitrogen and oxygen atoms in total. The van der Waals surface area contributed by atoms with Gasteiger partial charge in [0.1, 0.15) is 12.6 Å². The quantitative estimate of drug-likeness (QED) is 0.393. The molecule has 1 heterocycles. The molecule has 0 saturated heterocycles. The number of esters is 1. The molecule has 0 bridgehead atoms. The lowest BCUT2D eigenvalue weighted by Gasteiger charge is -2.17. The van der Waals surface area contributed by atoms with Gasteiger partial charge >= 0.3 is 12.1 Å². The van der Waals surface area contributed by atoms with Crippen LogP contribution in [0.1, 0.15) is 32.9 Å². The third-order valence-corrected chi connectivity index (χ3v) is 4.87. The lowest BCUT2D eigenvalue weighted by atomic mass is 10.1. The van der Waals surface area contributed by atoms with Crippen LogP contribution in [0.4, 0.5) is 4.79 Å². The van der Waals surface area contributed by atoms with Crippen molar-refractivity contribution in [2.75, 3.05) is 6.61 Å². The highest BCUT2D eigenvalue weighted by atomic mass is 16.6. The molecular weight excluding hydrogens is 408 g/mol. The summed E-state index contributed by atoms with van der Waals surface area (Å²) < 4.78 is 10.5. The molecule has 0 fully saturated rings. The third-order valence-electron chi connectivity index (χ3n) is 4.87. The predicted molar refractivity (Wildman–Crippen MR) is 119 cm³/mol. The Morgan fingerprint density at radius 1 is 0.906 bits per heavy atom. The van der Waals surface area contributed by atoms with Crippen LogP contribution in [0.5, 0.6) is 0 Å². The Bertz CT molecular complexity index is 1060. The fourth-order valence-corrected chi connectivity index (χ4v) is 3.28. The van der Waals surface area contributed by atoms with E-state index in [0.29, 0.717) is 11.3 Å². The van der Waals surface area contributed by atoms with E-state index in [1.54, 1.807) is 13.0 Å². The van der Waals surface area contributed by atoms with Crippen molar-refractivity contribution in [3.8, 4) is 0 Å². The molecule has 0 unspecified atom stereocenters. The molecular formula is C25H26N2O5. The maximum absolute atomic E-state index is 12.7. The second kappa shape index (κ2) is 10.9. The molecule has 0 aliphatic carbocycles. The highest BCUT2D eigenvalue weighted by Gasteiger charge is 2.25. The van der Waals surface area contributed by atoms with Gasteiger partial charge in [-0.05, 0) is 31.0 Å². The first-order chi connectivity index (χ1) is 15.4. The van der Waals surface area contributed by atoms with E-state index in [1.807, 2.05) is 67.6 Å². The number of hydrogen-bond acceptors (Lipinski definition) is 5. The van der Waals surface area contributed by atoms with Crippen LogP contribution in [-0.2, 0) is 27.3 Å². The lowest BCUT2D eigenvalue weighted by molar-refractivity contribution is -0.144. The highest BCUT2D eigenvalue weighted by Crippen LogP contribution is 2.11. The first-order valence-corrected chi connectivity index (χ1v) is 10.3. The molecule has 1 aromatic heterocycles. The molecule has 2 N–H and O–H groups in total. The SMILES string of the molecule is Cc1cc(C(=O)COC(=O)[C@H](Cc2ccccc2)NC(=O)OCc2ccccc2)c(C)[nH]1. The molecule has 1 amide bonds. The second-order valence-electron chi connectivity index (χ2n) is 7.47. The fraction of sp³-hybridized carbons (Fsp3) is 0.240. The summed E-state index contributed by atoms with van der Waals surface area (Å²) in [6.07, 6.45) is -0.536. The van der Waals surface area contributed by atoms with Gasteiger partial charge in [-0.2, -0.15) is 0 Å². The van der Waals surface area contributed by atoms with Gasteiger partial charge in [0.25, 0.3) is 0 Å².